The number of hydrogen-bond donors (Lipinski definition) is 3. The summed E-state index contributed by atoms with van der Waals surface area (Å²) in [4.78, 5) is 25.2. The zero-order valence-corrected chi connectivity index (χ0v) is 17.8. The molecule has 11 heteroatoms. The van der Waals surface area contributed by atoms with Crippen LogP contribution in [0.4, 0.5) is 8.78 Å². The first-order chi connectivity index (χ1) is 15.5. The predicted molar refractivity (Wildman–Crippen MR) is 118 cm³/mol. The average molecular weight is 458 g/mol. The second kappa shape index (κ2) is 9.77. The van der Waals surface area contributed by atoms with Gasteiger partial charge in [0, 0.05) is 23.4 Å². The van der Waals surface area contributed by atoms with Crippen LogP contribution in [0.25, 0.3) is 16.3 Å². The van der Waals surface area contributed by atoms with Gasteiger partial charge in [-0.3, -0.25) is 14.9 Å². The molecule has 1 fully saturated rings. The van der Waals surface area contributed by atoms with Crippen LogP contribution < -0.4 is 11.1 Å². The normalized spacial score (nSPS) is 15.7. The Balaban J connectivity index is 1.63. The minimum absolute atomic E-state index is 0.0374. The quantitative estimate of drug-likeness (QED) is 0.385. The summed E-state index contributed by atoms with van der Waals surface area (Å²) in [5.41, 5.74) is 6.42. The number of carbonyl (C=O) groups is 1. The number of aromatic amines is 1. The van der Waals surface area contributed by atoms with Crippen LogP contribution in [0.3, 0.4) is 0 Å². The Morgan fingerprint density at radius 3 is 2.81 bits per heavy atom. The maximum Gasteiger partial charge on any atom is 0.275 e. The number of nitrogens with zero attached hydrogens (tertiary/aromatic N) is 4. The summed E-state index contributed by atoms with van der Waals surface area (Å²) in [5, 5.41) is 11.4. The van der Waals surface area contributed by atoms with Gasteiger partial charge in [0.2, 0.25) is 5.95 Å². The molecule has 0 aliphatic heterocycles. The lowest BCUT2D eigenvalue weighted by molar-refractivity contribution is 0.0964. The van der Waals surface area contributed by atoms with E-state index >= 15 is 0 Å². The minimum atomic E-state index is -0.886. The third kappa shape index (κ3) is 5.05. The molecule has 0 aromatic carbocycles. The van der Waals surface area contributed by atoms with Gasteiger partial charge in [-0.2, -0.15) is 9.49 Å². The molecule has 8 nitrogen and oxygen atoms in total. The van der Waals surface area contributed by atoms with E-state index in [0.29, 0.717) is 5.01 Å². The van der Waals surface area contributed by atoms with Crippen molar-refractivity contribution < 1.29 is 13.6 Å². The van der Waals surface area contributed by atoms with E-state index in [1.165, 1.54) is 17.6 Å². The highest BCUT2D eigenvalue weighted by molar-refractivity contribution is 7.13. The fourth-order valence-electron chi connectivity index (χ4n) is 3.38. The Morgan fingerprint density at radius 2 is 2.06 bits per heavy atom. The number of halogens is 2. The third-order valence-corrected chi connectivity index (χ3v) is 5.97. The smallest absolute Gasteiger partial charge is 0.275 e. The molecule has 0 atom stereocenters. The van der Waals surface area contributed by atoms with Crippen LogP contribution in [0.5, 0.6) is 0 Å². The molecule has 0 spiro atoms. The Labute approximate surface area is 186 Å². The fourth-order valence-corrected chi connectivity index (χ4v) is 4.16. The van der Waals surface area contributed by atoms with Crippen LogP contribution in [-0.4, -0.2) is 38.3 Å². The van der Waals surface area contributed by atoms with Gasteiger partial charge in [0.25, 0.3) is 5.91 Å². The third-order valence-electron chi connectivity index (χ3n) is 5.08. The molecule has 1 amide bonds. The lowest BCUT2D eigenvalue weighted by atomic mass is 9.96. The van der Waals surface area contributed by atoms with Crippen molar-refractivity contribution in [3.8, 4) is 10.6 Å². The van der Waals surface area contributed by atoms with Crippen molar-refractivity contribution in [1.29, 1.82) is 0 Å². The van der Waals surface area contributed by atoms with Crippen LogP contribution >= 0.6 is 11.3 Å². The standard InChI is InChI=1S/C21H21F2N7OS/c22-14-6-7-17(23)30-19(14)18(24)15(10-25-13-4-2-1-3-5-13)28-20(31)16-11-32-21(29-16)12-8-26-27-9-12/h6-11,13H,1-5,24H2,(H,26,27)(H,28,31)/b18-15+,25-10?. The predicted octanol–water partition coefficient (Wildman–Crippen LogP) is 3.67. The van der Waals surface area contributed by atoms with Gasteiger partial charge in [-0.1, -0.05) is 19.3 Å². The number of H-pyrrole nitrogens is 1. The van der Waals surface area contributed by atoms with E-state index in [2.05, 4.69) is 30.5 Å². The van der Waals surface area contributed by atoms with E-state index in [-0.39, 0.29) is 23.1 Å². The summed E-state index contributed by atoms with van der Waals surface area (Å²) in [6, 6.07) is 1.91. The highest BCUT2D eigenvalue weighted by Gasteiger charge is 2.19. The van der Waals surface area contributed by atoms with Gasteiger partial charge < -0.3 is 11.1 Å². The van der Waals surface area contributed by atoms with Crippen molar-refractivity contribution in [1.82, 2.24) is 25.5 Å². The number of rotatable bonds is 6. The van der Waals surface area contributed by atoms with E-state index < -0.39 is 23.4 Å². The zero-order chi connectivity index (χ0) is 22.5. The Bertz CT molecular complexity index is 1150. The summed E-state index contributed by atoms with van der Waals surface area (Å²) in [6.45, 7) is 0. The number of hydrogen-bond acceptors (Lipinski definition) is 7. The average Bonchev–Trinajstić information content (AvgIpc) is 3.50. The van der Waals surface area contributed by atoms with Gasteiger partial charge in [-0.25, -0.2) is 14.4 Å². The first-order valence-electron chi connectivity index (χ1n) is 10.1. The Morgan fingerprint density at radius 1 is 1.25 bits per heavy atom. The van der Waals surface area contributed by atoms with Crippen LogP contribution in [0.15, 0.2) is 40.6 Å². The fraction of sp³-hybridized carbons (Fsp3) is 0.286. The molecule has 1 aliphatic rings. The van der Waals surface area contributed by atoms with Crippen LogP contribution in [0, 0.1) is 11.8 Å². The number of amides is 1. The van der Waals surface area contributed by atoms with Gasteiger partial charge in [-0.05, 0) is 25.0 Å². The Kier molecular flexibility index (Phi) is 6.64. The first-order valence-corrected chi connectivity index (χ1v) is 11.0. The van der Waals surface area contributed by atoms with Crippen LogP contribution in [-0.2, 0) is 0 Å². The lowest BCUT2D eigenvalue weighted by Crippen LogP contribution is -2.27. The molecule has 0 bridgehead atoms. The van der Waals surface area contributed by atoms with Gasteiger partial charge >= 0.3 is 0 Å². The molecular formula is C21H21F2N7OS. The number of aliphatic imine (C=N–C) groups is 1. The minimum Gasteiger partial charge on any atom is -0.395 e. The number of aromatic nitrogens is 4. The van der Waals surface area contributed by atoms with E-state index in [1.54, 1.807) is 17.8 Å². The highest BCUT2D eigenvalue weighted by atomic mass is 32.1. The number of carbonyl (C=O) groups excluding carboxylic acids is 1. The topological polar surface area (TPSA) is 122 Å². The molecule has 4 rings (SSSR count). The summed E-state index contributed by atoms with van der Waals surface area (Å²) in [7, 11) is 0. The summed E-state index contributed by atoms with van der Waals surface area (Å²) in [6.07, 6.45) is 9.80. The van der Waals surface area contributed by atoms with Crippen molar-refractivity contribution in [2.45, 2.75) is 38.1 Å². The van der Waals surface area contributed by atoms with E-state index in [1.807, 2.05) is 0 Å². The molecule has 0 radical (unpaired) electrons. The van der Waals surface area contributed by atoms with Crippen molar-refractivity contribution in [3.63, 3.8) is 0 Å². The monoisotopic (exact) mass is 457 g/mol. The largest absolute Gasteiger partial charge is 0.395 e. The van der Waals surface area contributed by atoms with Crippen LogP contribution in [0.1, 0.15) is 48.3 Å². The number of nitrogens with two attached hydrogens (primary N) is 1. The summed E-state index contributed by atoms with van der Waals surface area (Å²) in [5.74, 6) is -2.25. The summed E-state index contributed by atoms with van der Waals surface area (Å²) >= 11 is 1.27. The lowest BCUT2D eigenvalue weighted by Gasteiger charge is -2.18. The molecule has 1 aliphatic carbocycles. The van der Waals surface area contributed by atoms with Crippen LogP contribution in [0.2, 0.25) is 0 Å². The van der Waals surface area contributed by atoms with Gasteiger partial charge in [-0.15, -0.1) is 11.3 Å². The first kappa shape index (κ1) is 21.8. The molecular weight excluding hydrogens is 436 g/mol. The molecule has 0 unspecified atom stereocenters. The van der Waals surface area contributed by atoms with Crippen molar-refractivity contribution in [2.24, 2.45) is 10.7 Å². The molecule has 4 N–H and O–H groups in total. The van der Waals surface area contributed by atoms with Gasteiger partial charge in [0.1, 0.15) is 16.4 Å². The van der Waals surface area contributed by atoms with Crippen molar-refractivity contribution >= 4 is 29.2 Å². The zero-order valence-electron chi connectivity index (χ0n) is 17.0. The molecule has 3 heterocycles. The second-order valence-corrected chi connectivity index (χ2v) is 8.20. The number of pyridine rings is 1. The van der Waals surface area contributed by atoms with E-state index in [9.17, 15) is 13.6 Å². The number of allylic oxidation sites excluding steroid dienone is 1. The molecule has 3 aromatic rings. The molecule has 1 saturated carbocycles. The van der Waals surface area contributed by atoms with Gasteiger partial charge in [0.15, 0.2) is 5.82 Å². The van der Waals surface area contributed by atoms with E-state index in [0.717, 1.165) is 49.8 Å². The van der Waals surface area contributed by atoms with Gasteiger partial charge in [0.05, 0.1) is 23.6 Å². The molecule has 32 heavy (non-hydrogen) atoms. The molecule has 0 saturated heterocycles. The maximum atomic E-state index is 14.3. The second-order valence-electron chi connectivity index (χ2n) is 7.34. The molecule has 166 valence electrons. The highest BCUT2D eigenvalue weighted by Crippen LogP contribution is 2.23. The van der Waals surface area contributed by atoms with E-state index in [4.69, 9.17) is 5.73 Å². The summed E-state index contributed by atoms with van der Waals surface area (Å²) < 4.78 is 27.9. The number of thiazole rings is 1. The van der Waals surface area contributed by atoms with Crippen molar-refractivity contribution in [3.05, 3.63) is 58.8 Å². The number of nitrogens with one attached hydrogen (secondary N) is 2. The SMILES string of the molecule is N/C(=C(\C=NC1CCCCC1)NC(=O)c1csc(-c2cn[nH]c2)n1)c1nc(F)ccc1F. The van der Waals surface area contributed by atoms with Crippen molar-refractivity contribution in [2.75, 3.05) is 0 Å². The molecule has 3 aromatic heterocycles. The Hall–Kier alpha value is -3.47. The maximum absolute atomic E-state index is 14.3.